The topological polar surface area (TPSA) is 47.4 Å². The van der Waals surface area contributed by atoms with Gasteiger partial charge in [-0.05, 0) is 22.6 Å². The summed E-state index contributed by atoms with van der Waals surface area (Å²) in [6.07, 6.45) is 6.35. The average Bonchev–Trinajstić information content (AvgIpc) is 2.24. The maximum absolute atomic E-state index is 5.36. The van der Waals surface area contributed by atoms with Gasteiger partial charge in [0.15, 0.2) is 0 Å². The first-order chi connectivity index (χ1) is 7.26. The van der Waals surface area contributed by atoms with Crippen molar-refractivity contribution in [1.82, 2.24) is 9.97 Å². The highest BCUT2D eigenvalue weighted by atomic mass is 79.9. The van der Waals surface area contributed by atoms with Gasteiger partial charge >= 0.3 is 0 Å². The molecule has 0 saturated heterocycles. The number of rotatable bonds is 5. The maximum Gasteiger partial charge on any atom is 0.233 e. The second-order valence-corrected chi connectivity index (χ2v) is 3.37. The number of ether oxygens (including phenoxy) is 1. The van der Waals surface area contributed by atoms with E-state index in [1.165, 1.54) is 6.20 Å². The summed E-state index contributed by atoms with van der Waals surface area (Å²) in [7, 11) is 0. The van der Waals surface area contributed by atoms with Crippen LogP contribution in [0.1, 0.15) is 0 Å². The minimum atomic E-state index is 0.341. The highest BCUT2D eigenvalue weighted by Gasteiger charge is 1.98. The van der Waals surface area contributed by atoms with Crippen molar-refractivity contribution in [2.75, 3.05) is 6.61 Å². The zero-order valence-corrected chi connectivity index (χ0v) is 9.64. The van der Waals surface area contributed by atoms with Gasteiger partial charge in [0.25, 0.3) is 0 Å². The van der Waals surface area contributed by atoms with Crippen LogP contribution in [-0.2, 0) is 0 Å². The molecule has 0 saturated carbocycles. The van der Waals surface area contributed by atoms with E-state index in [-0.39, 0.29) is 0 Å². The lowest BCUT2D eigenvalue weighted by atomic mass is 10.3. The fourth-order valence-corrected chi connectivity index (χ4v) is 1.11. The second-order valence-electron chi connectivity index (χ2n) is 2.56. The lowest BCUT2D eigenvalue weighted by Gasteiger charge is -2.04. The molecule has 15 heavy (non-hydrogen) atoms. The molecule has 0 spiro atoms. The molecule has 1 aromatic heterocycles. The predicted molar refractivity (Wildman–Crippen MR) is 63.1 cm³/mol. The Labute approximate surface area is 96.6 Å². The molecule has 1 heterocycles. The molecule has 78 valence electrons. The number of aliphatic imine (C=N–C) groups is 1. The van der Waals surface area contributed by atoms with Crippen LogP contribution in [0.2, 0.25) is 0 Å². The van der Waals surface area contributed by atoms with Crippen molar-refractivity contribution in [3.05, 3.63) is 41.4 Å². The summed E-state index contributed by atoms with van der Waals surface area (Å²) >= 11 is 3.20. The Hall–Kier alpha value is -1.49. The molecule has 1 rings (SSSR count). The molecule has 0 aliphatic rings. The van der Waals surface area contributed by atoms with Crippen molar-refractivity contribution < 1.29 is 4.74 Å². The maximum atomic E-state index is 5.36. The Kier molecular flexibility index (Phi) is 4.70. The van der Waals surface area contributed by atoms with Crippen LogP contribution in [-0.4, -0.2) is 23.3 Å². The second kappa shape index (κ2) is 6.08. The van der Waals surface area contributed by atoms with Crippen molar-refractivity contribution in [3.63, 3.8) is 0 Å². The molecule has 0 bridgehead atoms. The molecular weight excluding hydrogens is 258 g/mol. The van der Waals surface area contributed by atoms with Crippen LogP contribution in [0.5, 0.6) is 5.88 Å². The molecule has 0 atom stereocenters. The van der Waals surface area contributed by atoms with E-state index in [9.17, 15) is 0 Å². The summed E-state index contributed by atoms with van der Waals surface area (Å²) in [6, 6.07) is 0. The van der Waals surface area contributed by atoms with Crippen molar-refractivity contribution >= 4 is 22.6 Å². The summed E-state index contributed by atoms with van der Waals surface area (Å²) in [4.78, 5) is 11.6. The smallest absolute Gasteiger partial charge is 0.233 e. The monoisotopic (exact) mass is 267 g/mol. The summed E-state index contributed by atoms with van der Waals surface area (Å²) in [5.41, 5.74) is 0.826. The largest absolute Gasteiger partial charge is 0.472 e. The van der Waals surface area contributed by atoms with Gasteiger partial charge in [0.05, 0.1) is 12.4 Å². The molecule has 0 aliphatic heterocycles. The zero-order chi connectivity index (χ0) is 11.1. The Bertz CT molecular complexity index is 390. The summed E-state index contributed by atoms with van der Waals surface area (Å²) < 4.78 is 5.99. The molecule has 1 aromatic rings. The van der Waals surface area contributed by atoms with E-state index in [0.717, 1.165) is 5.57 Å². The van der Waals surface area contributed by atoms with E-state index >= 15 is 0 Å². The lowest BCUT2D eigenvalue weighted by molar-refractivity contribution is 0.339. The van der Waals surface area contributed by atoms with Crippen molar-refractivity contribution in [1.29, 1.82) is 0 Å². The Morgan fingerprint density at radius 1 is 1.60 bits per heavy atom. The fourth-order valence-electron chi connectivity index (χ4n) is 0.819. The highest BCUT2D eigenvalue weighted by Crippen LogP contribution is 2.10. The van der Waals surface area contributed by atoms with E-state index < -0.39 is 0 Å². The first-order valence-corrected chi connectivity index (χ1v) is 4.93. The van der Waals surface area contributed by atoms with E-state index in [2.05, 4.69) is 44.2 Å². The van der Waals surface area contributed by atoms with Crippen LogP contribution in [0.25, 0.3) is 0 Å². The van der Waals surface area contributed by atoms with Crippen LogP contribution in [0.15, 0.2) is 46.4 Å². The van der Waals surface area contributed by atoms with Crippen molar-refractivity contribution in [3.8, 4) is 5.88 Å². The molecule has 0 amide bonds. The van der Waals surface area contributed by atoms with Crippen LogP contribution < -0.4 is 4.74 Å². The summed E-state index contributed by atoms with van der Waals surface area (Å²) in [5, 5.41) is 0. The zero-order valence-electron chi connectivity index (χ0n) is 8.06. The van der Waals surface area contributed by atoms with Gasteiger partial charge in [0.1, 0.15) is 11.2 Å². The van der Waals surface area contributed by atoms with Gasteiger partial charge in [0.2, 0.25) is 5.88 Å². The van der Waals surface area contributed by atoms with Gasteiger partial charge in [0, 0.05) is 11.8 Å². The Morgan fingerprint density at radius 3 is 3.00 bits per heavy atom. The minimum Gasteiger partial charge on any atom is -0.472 e. The quantitative estimate of drug-likeness (QED) is 0.608. The van der Waals surface area contributed by atoms with Crippen LogP contribution in [0.3, 0.4) is 0 Å². The van der Waals surface area contributed by atoms with Gasteiger partial charge in [-0.15, -0.1) is 0 Å². The number of halogens is 1. The lowest BCUT2D eigenvalue weighted by Crippen LogP contribution is -2.01. The third-order valence-electron chi connectivity index (χ3n) is 1.49. The number of aromatic nitrogens is 2. The molecule has 0 unspecified atom stereocenters. The highest BCUT2D eigenvalue weighted by molar-refractivity contribution is 9.10. The van der Waals surface area contributed by atoms with Gasteiger partial charge in [-0.1, -0.05) is 12.7 Å². The average molecular weight is 268 g/mol. The summed E-state index contributed by atoms with van der Waals surface area (Å²) in [6.45, 7) is 7.32. The Balaban J connectivity index is 2.60. The molecule has 0 aliphatic carbocycles. The van der Waals surface area contributed by atoms with Gasteiger partial charge < -0.3 is 4.74 Å². The first kappa shape index (κ1) is 11.6. The van der Waals surface area contributed by atoms with Crippen molar-refractivity contribution in [2.45, 2.75) is 0 Å². The minimum absolute atomic E-state index is 0.341. The van der Waals surface area contributed by atoms with Gasteiger partial charge in [-0.3, -0.25) is 9.98 Å². The SMILES string of the molecule is C=C/C(=C\N=C)COc1cncc(Br)n1. The van der Waals surface area contributed by atoms with Crippen LogP contribution in [0.4, 0.5) is 0 Å². The van der Waals surface area contributed by atoms with E-state index in [4.69, 9.17) is 4.74 Å². The first-order valence-electron chi connectivity index (χ1n) is 4.14. The van der Waals surface area contributed by atoms with Crippen LogP contribution >= 0.6 is 15.9 Å². The molecular formula is C10H10BrN3O. The van der Waals surface area contributed by atoms with Gasteiger partial charge in [-0.2, -0.15) is 0 Å². The molecule has 0 radical (unpaired) electrons. The Morgan fingerprint density at radius 2 is 2.40 bits per heavy atom. The molecule has 0 aromatic carbocycles. The van der Waals surface area contributed by atoms with E-state index in [1.54, 1.807) is 18.5 Å². The van der Waals surface area contributed by atoms with E-state index in [0.29, 0.717) is 17.1 Å². The standard InChI is InChI=1S/C10H10BrN3O/c1-3-8(4-12-2)7-15-10-6-13-5-9(11)14-10/h3-6H,1-2,7H2/b8-4+. The van der Waals surface area contributed by atoms with Gasteiger partial charge in [-0.25, -0.2) is 4.98 Å². The third kappa shape index (κ3) is 4.03. The third-order valence-corrected chi connectivity index (χ3v) is 1.87. The number of hydrogen-bond acceptors (Lipinski definition) is 4. The summed E-state index contributed by atoms with van der Waals surface area (Å²) in [5.74, 6) is 0.446. The molecule has 0 fully saturated rings. The fraction of sp³-hybridized carbons (Fsp3) is 0.100. The van der Waals surface area contributed by atoms with Crippen molar-refractivity contribution in [2.24, 2.45) is 4.99 Å². The van der Waals surface area contributed by atoms with Crippen LogP contribution in [0, 0.1) is 0 Å². The predicted octanol–water partition coefficient (Wildman–Crippen LogP) is 2.39. The normalized spacial score (nSPS) is 10.9. The molecule has 4 nitrogen and oxygen atoms in total. The number of hydrogen-bond donors (Lipinski definition) is 0. The molecule has 0 N–H and O–H groups in total. The molecule has 5 heteroatoms. The van der Waals surface area contributed by atoms with E-state index in [1.807, 2.05) is 0 Å². The number of nitrogens with zero attached hydrogens (tertiary/aromatic N) is 3.